The van der Waals surface area contributed by atoms with Crippen molar-refractivity contribution in [3.63, 3.8) is 0 Å². The highest BCUT2D eigenvalue weighted by molar-refractivity contribution is 7.41. The van der Waals surface area contributed by atoms with Gasteiger partial charge in [0.25, 0.3) is 0 Å². The van der Waals surface area contributed by atoms with Crippen LogP contribution in [-0.2, 0) is 0 Å². The second-order valence-electron chi connectivity index (χ2n) is 7.56. The van der Waals surface area contributed by atoms with E-state index >= 15 is 0 Å². The second-order valence-corrected chi connectivity index (χ2v) is 11.5. The molecule has 0 aliphatic carbocycles. The summed E-state index contributed by atoms with van der Waals surface area (Å²) in [5, 5.41) is 41.3. The third-order valence-corrected chi connectivity index (χ3v) is 8.27. The Morgan fingerprint density at radius 1 is 0.652 bits per heavy atom. The van der Waals surface area contributed by atoms with Crippen molar-refractivity contribution < 1.29 is 15.6 Å². The highest BCUT2D eigenvalue weighted by Gasteiger charge is 2.46. The summed E-state index contributed by atoms with van der Waals surface area (Å²) in [6.07, 6.45) is 1.73. The summed E-state index contributed by atoms with van der Waals surface area (Å²) in [4.78, 5) is 0. The molecule has 0 aromatic heterocycles. The normalized spacial score (nSPS) is 17.2. The van der Waals surface area contributed by atoms with E-state index in [1.165, 1.54) is 0 Å². The Bertz CT molecular complexity index is 393. The lowest BCUT2D eigenvalue weighted by molar-refractivity contribution is 0.315. The Morgan fingerprint density at radius 2 is 0.870 bits per heavy atom. The van der Waals surface area contributed by atoms with Gasteiger partial charge in [0.1, 0.15) is 0 Å². The molecule has 0 aliphatic heterocycles. The first-order valence-corrected chi connectivity index (χ1v) is 10.8. The third-order valence-electron chi connectivity index (χ3n) is 3.90. The number of hydrogen-bond acceptors (Lipinski definition) is 6. The standard InChI is InChI=1S/C16H33N3O3Si/c1-11(2)8-14(17-20)23(7,15(18-21)9-12(3)4)16(19-22)10-13(5)6/h11-13,20-22H,8-10H2,1-7H3. The van der Waals surface area contributed by atoms with E-state index in [9.17, 15) is 15.6 Å². The zero-order valence-electron chi connectivity index (χ0n) is 15.5. The molecule has 0 saturated carbocycles. The van der Waals surface area contributed by atoms with E-state index < -0.39 is 8.07 Å². The average molecular weight is 344 g/mol. The van der Waals surface area contributed by atoms with Gasteiger partial charge in [-0.05, 0) is 37.0 Å². The number of nitrogens with zero attached hydrogens (tertiary/aromatic N) is 3. The molecule has 0 rings (SSSR count). The smallest absolute Gasteiger partial charge is 0.210 e. The lowest BCUT2D eigenvalue weighted by atomic mass is 10.1. The molecule has 6 nitrogen and oxygen atoms in total. The predicted octanol–water partition coefficient (Wildman–Crippen LogP) is 4.31. The minimum Gasteiger partial charge on any atom is -0.411 e. The van der Waals surface area contributed by atoms with Crippen molar-refractivity contribution in [2.24, 2.45) is 33.2 Å². The van der Waals surface area contributed by atoms with Crippen LogP contribution in [0.4, 0.5) is 0 Å². The fourth-order valence-corrected chi connectivity index (χ4v) is 6.74. The summed E-state index contributed by atoms with van der Waals surface area (Å²) in [6.45, 7) is 14.2. The van der Waals surface area contributed by atoms with Crippen LogP contribution in [0.3, 0.4) is 0 Å². The van der Waals surface area contributed by atoms with Crippen LogP contribution in [0.1, 0.15) is 60.8 Å². The van der Waals surface area contributed by atoms with Gasteiger partial charge in [-0.3, -0.25) is 0 Å². The maximum Gasteiger partial charge on any atom is 0.210 e. The fourth-order valence-electron chi connectivity index (χ4n) is 2.69. The minimum absolute atomic E-state index is 0.283. The van der Waals surface area contributed by atoms with Gasteiger partial charge in [-0.2, -0.15) is 0 Å². The molecule has 0 spiro atoms. The van der Waals surface area contributed by atoms with Crippen LogP contribution in [0.5, 0.6) is 0 Å². The molecule has 0 saturated heterocycles. The maximum atomic E-state index is 9.62. The topological polar surface area (TPSA) is 97.8 Å². The molecule has 3 N–H and O–H groups in total. The average Bonchev–Trinajstić information content (AvgIpc) is 2.46. The first kappa shape index (κ1) is 21.6. The van der Waals surface area contributed by atoms with Crippen LogP contribution < -0.4 is 0 Å². The quantitative estimate of drug-likeness (QED) is 0.252. The maximum absolute atomic E-state index is 9.62. The van der Waals surface area contributed by atoms with Gasteiger partial charge in [-0.15, -0.1) is 15.5 Å². The van der Waals surface area contributed by atoms with Crippen LogP contribution in [0.15, 0.2) is 15.5 Å². The van der Waals surface area contributed by atoms with Gasteiger partial charge >= 0.3 is 0 Å². The van der Waals surface area contributed by atoms with Crippen molar-refractivity contribution in [3.8, 4) is 0 Å². The van der Waals surface area contributed by atoms with Crippen molar-refractivity contribution >= 4 is 24.1 Å². The molecule has 0 aromatic carbocycles. The molecule has 0 amide bonds. The molecule has 0 aliphatic rings. The summed E-state index contributed by atoms with van der Waals surface area (Å²) in [5.74, 6) is 0.849. The van der Waals surface area contributed by atoms with E-state index in [0.29, 0.717) is 35.3 Å². The Labute approximate surface area is 141 Å². The van der Waals surface area contributed by atoms with Gasteiger partial charge in [-0.1, -0.05) is 48.1 Å². The van der Waals surface area contributed by atoms with Gasteiger partial charge in [0.15, 0.2) is 0 Å². The molecule has 0 unspecified atom stereocenters. The molecule has 0 bridgehead atoms. The fraction of sp³-hybridized carbons (Fsp3) is 0.812. The van der Waals surface area contributed by atoms with Gasteiger partial charge in [0.2, 0.25) is 8.07 Å². The first-order valence-electron chi connectivity index (χ1n) is 8.27. The summed E-state index contributed by atoms with van der Waals surface area (Å²) < 4.78 is 0. The zero-order valence-corrected chi connectivity index (χ0v) is 16.5. The summed E-state index contributed by atoms with van der Waals surface area (Å²) in [6, 6.07) is 0. The number of rotatable bonds is 9. The molecule has 0 aromatic rings. The van der Waals surface area contributed by atoms with Gasteiger partial charge in [-0.25, -0.2) is 0 Å². The van der Waals surface area contributed by atoms with Crippen molar-refractivity contribution in [3.05, 3.63) is 0 Å². The van der Waals surface area contributed by atoms with E-state index in [0.717, 1.165) is 0 Å². The molecule has 134 valence electrons. The lowest BCUT2D eigenvalue weighted by Crippen LogP contribution is -2.58. The minimum atomic E-state index is -2.83. The van der Waals surface area contributed by atoms with Crippen LogP contribution in [0.2, 0.25) is 6.55 Å². The molecule has 23 heavy (non-hydrogen) atoms. The Kier molecular flexibility index (Phi) is 9.12. The highest BCUT2D eigenvalue weighted by Crippen LogP contribution is 2.24. The van der Waals surface area contributed by atoms with E-state index in [-0.39, 0.29) is 17.8 Å². The zero-order chi connectivity index (χ0) is 18.2. The van der Waals surface area contributed by atoms with E-state index in [1.54, 1.807) is 0 Å². The monoisotopic (exact) mass is 343 g/mol. The highest BCUT2D eigenvalue weighted by atomic mass is 28.3. The molecule has 0 heterocycles. The van der Waals surface area contributed by atoms with Crippen molar-refractivity contribution in [1.29, 1.82) is 0 Å². The van der Waals surface area contributed by atoms with Gasteiger partial charge in [0, 0.05) is 0 Å². The predicted molar refractivity (Wildman–Crippen MR) is 97.6 cm³/mol. The number of hydrogen-bond donors (Lipinski definition) is 3. The molecule has 0 atom stereocenters. The second kappa shape index (κ2) is 9.70. The summed E-state index contributed by atoms with van der Waals surface area (Å²) in [7, 11) is -2.83. The molecule has 7 heteroatoms. The molecule has 0 fully saturated rings. The van der Waals surface area contributed by atoms with Crippen molar-refractivity contribution in [2.45, 2.75) is 67.4 Å². The van der Waals surface area contributed by atoms with Crippen LogP contribution in [0, 0.1) is 17.8 Å². The Balaban J connectivity index is 6.14. The van der Waals surface area contributed by atoms with Gasteiger partial charge < -0.3 is 15.6 Å². The first-order chi connectivity index (χ1) is 10.6. The van der Waals surface area contributed by atoms with E-state index in [2.05, 4.69) is 15.5 Å². The van der Waals surface area contributed by atoms with Gasteiger partial charge in [0.05, 0.1) is 16.0 Å². The summed E-state index contributed by atoms with van der Waals surface area (Å²) in [5.41, 5.74) is 0. The Morgan fingerprint density at radius 3 is 1.00 bits per heavy atom. The van der Waals surface area contributed by atoms with E-state index in [1.807, 2.05) is 48.1 Å². The van der Waals surface area contributed by atoms with Crippen LogP contribution >= 0.6 is 0 Å². The van der Waals surface area contributed by atoms with Crippen LogP contribution in [-0.4, -0.2) is 39.7 Å². The number of oxime groups is 3. The van der Waals surface area contributed by atoms with E-state index in [4.69, 9.17) is 0 Å². The third kappa shape index (κ3) is 5.97. The lowest BCUT2D eigenvalue weighted by Gasteiger charge is -2.31. The molecular weight excluding hydrogens is 310 g/mol. The largest absolute Gasteiger partial charge is 0.411 e. The van der Waals surface area contributed by atoms with Crippen molar-refractivity contribution in [2.75, 3.05) is 0 Å². The molecular formula is C16H33N3O3Si. The SMILES string of the molecule is CC(C)CC(=NO)[Si](C)(C(CC(C)C)=NO)C(CC(C)C)=NO. The summed E-state index contributed by atoms with van der Waals surface area (Å²) >= 11 is 0. The van der Waals surface area contributed by atoms with Crippen LogP contribution in [0.25, 0.3) is 0 Å². The van der Waals surface area contributed by atoms with Crippen molar-refractivity contribution in [1.82, 2.24) is 0 Å². The molecule has 0 radical (unpaired) electrons. The Hall–Kier alpha value is -1.37.